The summed E-state index contributed by atoms with van der Waals surface area (Å²) in [5.41, 5.74) is 5.12. The van der Waals surface area contributed by atoms with Crippen LogP contribution in [0.25, 0.3) is 11.3 Å². The van der Waals surface area contributed by atoms with Crippen molar-refractivity contribution in [3.63, 3.8) is 0 Å². The average Bonchev–Trinajstić information content (AvgIpc) is 3.39. The van der Waals surface area contributed by atoms with Gasteiger partial charge in [0.05, 0.1) is 26.0 Å². The van der Waals surface area contributed by atoms with Crippen LogP contribution in [0.5, 0.6) is 17.2 Å². The number of nitrogens with one attached hydrogen (secondary N) is 1. The highest BCUT2D eigenvalue weighted by Gasteiger charge is 2.45. The Morgan fingerprint density at radius 1 is 1.03 bits per heavy atom. The number of fused-ring (bicyclic) bond motifs is 1. The molecule has 172 valence electrons. The summed E-state index contributed by atoms with van der Waals surface area (Å²) in [5, 5.41) is 18.1. The van der Waals surface area contributed by atoms with Crippen molar-refractivity contribution in [1.82, 2.24) is 15.1 Å². The number of aryl methyl sites for hydroxylation is 1. The van der Waals surface area contributed by atoms with Crippen LogP contribution in [0.1, 0.15) is 65.3 Å². The molecule has 1 atom stereocenters. The standard InChI is InChI=1S/C26H29N3O4/c1-15-9-11-16(12-10-15)22-21-23(28-27-22)26(31)29(18-7-5-4-6-8-18)24(21)17-13-19(32-2)25(30)20(14-17)33-3/h9-14,18,24,30H,4-8H2,1-3H3,(H,27,28). The number of rotatable bonds is 5. The summed E-state index contributed by atoms with van der Waals surface area (Å²) >= 11 is 0. The SMILES string of the molecule is COc1cc(C2c3c(-c4ccc(C)cc4)n[nH]c3C(=O)N2C2CCCCC2)cc(OC)c1O. The number of aromatic amines is 1. The quantitative estimate of drug-likeness (QED) is 0.576. The molecule has 2 aliphatic rings. The number of phenolic OH excluding ortho intramolecular Hbond substituents is 1. The molecule has 2 N–H and O–H groups in total. The lowest BCUT2D eigenvalue weighted by Gasteiger charge is -2.36. The van der Waals surface area contributed by atoms with Crippen LogP contribution in [0.15, 0.2) is 36.4 Å². The van der Waals surface area contributed by atoms with Crippen molar-refractivity contribution in [2.45, 2.75) is 51.1 Å². The maximum absolute atomic E-state index is 13.7. The first-order valence-corrected chi connectivity index (χ1v) is 11.5. The minimum Gasteiger partial charge on any atom is -0.502 e. The Balaban J connectivity index is 1.70. The maximum atomic E-state index is 13.7. The predicted octanol–water partition coefficient (Wildman–Crippen LogP) is 4.99. The maximum Gasteiger partial charge on any atom is 0.273 e. The number of carbonyl (C=O) groups is 1. The average molecular weight is 448 g/mol. The van der Waals surface area contributed by atoms with Gasteiger partial charge in [0.15, 0.2) is 11.5 Å². The lowest BCUT2D eigenvalue weighted by Crippen LogP contribution is -2.40. The molecule has 0 radical (unpaired) electrons. The smallest absolute Gasteiger partial charge is 0.273 e. The lowest BCUT2D eigenvalue weighted by molar-refractivity contribution is 0.0605. The summed E-state index contributed by atoms with van der Waals surface area (Å²) in [7, 11) is 3.02. The molecule has 1 amide bonds. The number of benzene rings is 2. The molecule has 1 aromatic heterocycles. The second-order valence-electron chi connectivity index (χ2n) is 8.91. The Morgan fingerprint density at radius 3 is 2.27 bits per heavy atom. The van der Waals surface area contributed by atoms with Crippen LogP contribution in [-0.4, -0.2) is 46.4 Å². The summed E-state index contributed by atoms with van der Waals surface area (Å²) in [6.45, 7) is 2.05. The minimum absolute atomic E-state index is 0.0289. The van der Waals surface area contributed by atoms with Gasteiger partial charge in [-0.05, 0) is 37.5 Å². The van der Waals surface area contributed by atoms with Gasteiger partial charge < -0.3 is 19.5 Å². The summed E-state index contributed by atoms with van der Waals surface area (Å²) < 4.78 is 10.9. The van der Waals surface area contributed by atoms with Crippen molar-refractivity contribution < 1.29 is 19.4 Å². The van der Waals surface area contributed by atoms with Crippen LogP contribution in [0.3, 0.4) is 0 Å². The molecule has 2 heterocycles. The van der Waals surface area contributed by atoms with E-state index in [0.717, 1.165) is 53.6 Å². The summed E-state index contributed by atoms with van der Waals surface area (Å²) in [5.74, 6) is 0.547. The molecule has 1 fully saturated rings. The monoisotopic (exact) mass is 447 g/mol. The number of H-pyrrole nitrogens is 1. The van der Waals surface area contributed by atoms with Crippen LogP contribution >= 0.6 is 0 Å². The highest BCUT2D eigenvalue weighted by atomic mass is 16.5. The molecule has 33 heavy (non-hydrogen) atoms. The summed E-state index contributed by atoms with van der Waals surface area (Å²) in [6, 6.07) is 11.6. The first-order valence-electron chi connectivity index (χ1n) is 11.5. The summed E-state index contributed by atoms with van der Waals surface area (Å²) in [4.78, 5) is 15.7. The molecule has 7 heteroatoms. The van der Waals surface area contributed by atoms with Gasteiger partial charge in [-0.2, -0.15) is 5.10 Å². The zero-order chi connectivity index (χ0) is 23.1. The molecule has 0 saturated heterocycles. The van der Waals surface area contributed by atoms with Gasteiger partial charge in [0.25, 0.3) is 5.91 Å². The van der Waals surface area contributed by atoms with Crippen molar-refractivity contribution in [3.05, 3.63) is 58.8 Å². The number of aromatic hydroxyl groups is 1. The van der Waals surface area contributed by atoms with Crippen LogP contribution in [0.4, 0.5) is 0 Å². The van der Waals surface area contributed by atoms with Gasteiger partial charge in [-0.3, -0.25) is 9.89 Å². The van der Waals surface area contributed by atoms with Gasteiger partial charge >= 0.3 is 0 Å². The minimum atomic E-state index is -0.353. The highest BCUT2D eigenvalue weighted by Crippen LogP contribution is 2.48. The van der Waals surface area contributed by atoms with E-state index < -0.39 is 0 Å². The van der Waals surface area contributed by atoms with E-state index in [2.05, 4.69) is 10.2 Å². The van der Waals surface area contributed by atoms with Gasteiger partial charge in [-0.25, -0.2) is 0 Å². The Kier molecular flexibility index (Phi) is 5.48. The molecule has 1 saturated carbocycles. The number of phenols is 1. The Hall–Kier alpha value is -3.48. The van der Waals surface area contributed by atoms with E-state index in [1.165, 1.54) is 20.6 Å². The Morgan fingerprint density at radius 2 is 1.67 bits per heavy atom. The van der Waals surface area contributed by atoms with Crippen LogP contribution in [0.2, 0.25) is 0 Å². The van der Waals surface area contributed by atoms with Gasteiger partial charge in [-0.1, -0.05) is 49.1 Å². The van der Waals surface area contributed by atoms with Crippen molar-refractivity contribution in [3.8, 4) is 28.5 Å². The van der Waals surface area contributed by atoms with Gasteiger partial charge in [0, 0.05) is 17.2 Å². The third-order valence-electron chi connectivity index (χ3n) is 6.91. The van der Waals surface area contributed by atoms with E-state index in [-0.39, 0.29) is 23.7 Å². The Labute approximate surface area is 193 Å². The van der Waals surface area contributed by atoms with E-state index in [1.54, 1.807) is 12.1 Å². The van der Waals surface area contributed by atoms with E-state index >= 15 is 0 Å². The first-order chi connectivity index (χ1) is 16.0. The fraction of sp³-hybridized carbons (Fsp3) is 0.385. The summed E-state index contributed by atoms with van der Waals surface area (Å²) in [6.07, 6.45) is 5.38. The number of ether oxygens (including phenoxy) is 2. The number of methoxy groups -OCH3 is 2. The first kappa shape index (κ1) is 21.4. The van der Waals surface area contributed by atoms with E-state index in [1.807, 2.05) is 36.1 Å². The van der Waals surface area contributed by atoms with Crippen molar-refractivity contribution >= 4 is 5.91 Å². The van der Waals surface area contributed by atoms with Crippen molar-refractivity contribution in [2.24, 2.45) is 0 Å². The van der Waals surface area contributed by atoms with E-state index in [4.69, 9.17) is 9.47 Å². The van der Waals surface area contributed by atoms with Crippen molar-refractivity contribution in [2.75, 3.05) is 14.2 Å². The van der Waals surface area contributed by atoms with Crippen LogP contribution in [0, 0.1) is 6.92 Å². The number of hydrogen-bond acceptors (Lipinski definition) is 5. The zero-order valence-corrected chi connectivity index (χ0v) is 19.2. The predicted molar refractivity (Wildman–Crippen MR) is 125 cm³/mol. The normalized spacial score (nSPS) is 18.5. The number of nitrogens with zero attached hydrogens (tertiary/aromatic N) is 2. The van der Waals surface area contributed by atoms with Gasteiger partial charge in [0.2, 0.25) is 5.75 Å². The van der Waals surface area contributed by atoms with Gasteiger partial charge in [-0.15, -0.1) is 0 Å². The van der Waals surface area contributed by atoms with Crippen LogP contribution in [-0.2, 0) is 0 Å². The molecular formula is C26H29N3O4. The Bertz CT molecular complexity index is 1150. The molecule has 1 unspecified atom stereocenters. The molecule has 1 aliphatic heterocycles. The second kappa shape index (κ2) is 8.46. The molecule has 5 rings (SSSR count). The fourth-order valence-electron chi connectivity index (χ4n) is 5.23. The largest absolute Gasteiger partial charge is 0.502 e. The number of aromatic nitrogens is 2. The topological polar surface area (TPSA) is 87.7 Å². The number of amides is 1. The molecule has 3 aromatic rings. The second-order valence-corrected chi connectivity index (χ2v) is 8.91. The van der Waals surface area contributed by atoms with Crippen LogP contribution < -0.4 is 9.47 Å². The van der Waals surface area contributed by atoms with Crippen molar-refractivity contribution in [1.29, 1.82) is 0 Å². The van der Waals surface area contributed by atoms with E-state index in [9.17, 15) is 9.90 Å². The third-order valence-corrected chi connectivity index (χ3v) is 6.91. The molecule has 0 spiro atoms. The number of carbonyl (C=O) groups excluding carboxylic acids is 1. The lowest BCUT2D eigenvalue weighted by atomic mass is 9.90. The van der Waals surface area contributed by atoms with Gasteiger partial charge in [0.1, 0.15) is 5.69 Å². The molecule has 2 aromatic carbocycles. The third kappa shape index (κ3) is 3.52. The number of hydrogen-bond donors (Lipinski definition) is 2. The molecule has 0 bridgehead atoms. The molecule has 1 aliphatic carbocycles. The fourth-order valence-corrected chi connectivity index (χ4v) is 5.23. The highest BCUT2D eigenvalue weighted by molar-refractivity contribution is 6.00. The van der Waals surface area contributed by atoms with E-state index in [0.29, 0.717) is 17.2 Å². The molecule has 7 nitrogen and oxygen atoms in total. The zero-order valence-electron chi connectivity index (χ0n) is 19.2. The molecular weight excluding hydrogens is 418 g/mol.